The van der Waals surface area contributed by atoms with Crippen LogP contribution in [0.3, 0.4) is 0 Å². The summed E-state index contributed by atoms with van der Waals surface area (Å²) in [7, 11) is 1.51. The molecule has 2 aromatic heterocycles. The van der Waals surface area contributed by atoms with Crippen molar-refractivity contribution in [3.05, 3.63) is 66.0 Å². The van der Waals surface area contributed by atoms with Gasteiger partial charge in [0.1, 0.15) is 10.7 Å². The molecule has 2 aromatic carbocycles. The molecule has 0 amide bonds. The molecule has 28 heavy (non-hydrogen) atoms. The number of thiophene rings is 1. The summed E-state index contributed by atoms with van der Waals surface area (Å²) in [6.45, 7) is 1.86. The zero-order chi connectivity index (χ0) is 19.5. The molecule has 2 heterocycles. The van der Waals surface area contributed by atoms with Crippen molar-refractivity contribution in [1.29, 1.82) is 0 Å². The molecule has 0 radical (unpaired) electrons. The molecule has 0 saturated carbocycles. The number of aryl methyl sites for hydroxylation is 1. The van der Waals surface area contributed by atoms with Gasteiger partial charge in [-0.3, -0.25) is 5.43 Å². The van der Waals surface area contributed by atoms with Crippen LogP contribution in [0, 0.1) is 6.92 Å². The Hall–Kier alpha value is -3.45. The number of methoxy groups -OCH3 is 1. The number of anilines is 1. The van der Waals surface area contributed by atoms with Crippen molar-refractivity contribution in [2.24, 2.45) is 5.10 Å². The highest BCUT2D eigenvalue weighted by atomic mass is 32.1. The predicted octanol–water partition coefficient (Wildman–Crippen LogP) is 4.83. The number of nitrogens with zero attached hydrogens (tertiary/aromatic N) is 3. The molecular formula is C21H18N4O2S. The van der Waals surface area contributed by atoms with Crippen LogP contribution in [0.4, 0.5) is 5.82 Å². The average molecular weight is 390 g/mol. The fraction of sp³-hybridized carbons (Fsp3) is 0.0952. The molecule has 140 valence electrons. The van der Waals surface area contributed by atoms with Gasteiger partial charge in [0.25, 0.3) is 0 Å². The Bertz CT molecular complexity index is 1160. The van der Waals surface area contributed by atoms with E-state index in [1.165, 1.54) is 7.11 Å². The summed E-state index contributed by atoms with van der Waals surface area (Å²) >= 11 is 1.63. The second kappa shape index (κ2) is 7.66. The maximum atomic E-state index is 9.68. The van der Waals surface area contributed by atoms with Crippen molar-refractivity contribution in [1.82, 2.24) is 9.97 Å². The van der Waals surface area contributed by atoms with E-state index in [0.29, 0.717) is 17.4 Å². The first-order chi connectivity index (χ1) is 13.6. The van der Waals surface area contributed by atoms with Crippen molar-refractivity contribution in [3.8, 4) is 21.9 Å². The van der Waals surface area contributed by atoms with Gasteiger partial charge < -0.3 is 9.84 Å². The first-order valence-electron chi connectivity index (χ1n) is 8.64. The van der Waals surface area contributed by atoms with Gasteiger partial charge in [0.15, 0.2) is 17.3 Å². The third kappa shape index (κ3) is 3.65. The number of aromatic hydroxyl groups is 1. The normalized spacial score (nSPS) is 11.2. The van der Waals surface area contributed by atoms with Gasteiger partial charge >= 0.3 is 0 Å². The highest BCUT2D eigenvalue weighted by Crippen LogP contribution is 2.35. The fourth-order valence-corrected chi connectivity index (χ4v) is 3.88. The van der Waals surface area contributed by atoms with Gasteiger partial charge in [-0.05, 0) is 42.3 Å². The van der Waals surface area contributed by atoms with Gasteiger partial charge in [-0.1, -0.05) is 30.3 Å². The highest BCUT2D eigenvalue weighted by molar-refractivity contribution is 7.21. The minimum absolute atomic E-state index is 0.0902. The van der Waals surface area contributed by atoms with Crippen LogP contribution in [0.1, 0.15) is 11.4 Å². The summed E-state index contributed by atoms with van der Waals surface area (Å²) < 4.78 is 5.12. The Balaban J connectivity index is 1.64. The van der Waals surface area contributed by atoms with Crippen LogP contribution in [0.2, 0.25) is 0 Å². The smallest absolute Gasteiger partial charge is 0.161 e. The van der Waals surface area contributed by atoms with Crippen molar-refractivity contribution >= 4 is 33.6 Å². The van der Waals surface area contributed by atoms with Gasteiger partial charge in [-0.25, -0.2) is 9.97 Å². The second-order valence-electron chi connectivity index (χ2n) is 6.12. The number of nitrogens with one attached hydrogen (secondary N) is 1. The molecule has 0 aliphatic carbocycles. The molecule has 0 bridgehead atoms. The maximum absolute atomic E-state index is 9.68. The molecule has 2 N–H and O–H groups in total. The molecule has 6 nitrogen and oxygen atoms in total. The topological polar surface area (TPSA) is 79.6 Å². The molecule has 0 aliphatic rings. The number of fused-ring (bicyclic) bond motifs is 1. The van der Waals surface area contributed by atoms with E-state index in [-0.39, 0.29) is 5.75 Å². The molecule has 0 spiro atoms. The Morgan fingerprint density at radius 2 is 1.93 bits per heavy atom. The summed E-state index contributed by atoms with van der Waals surface area (Å²) in [5.41, 5.74) is 4.95. The Labute approximate surface area is 166 Å². The summed E-state index contributed by atoms with van der Waals surface area (Å²) in [6.07, 6.45) is 1.65. The van der Waals surface area contributed by atoms with Crippen LogP contribution in [0.5, 0.6) is 11.5 Å². The van der Waals surface area contributed by atoms with Crippen LogP contribution >= 0.6 is 11.3 Å². The second-order valence-corrected chi connectivity index (χ2v) is 7.15. The minimum atomic E-state index is 0.0902. The summed E-state index contributed by atoms with van der Waals surface area (Å²) in [6, 6.07) is 17.3. The number of aromatic nitrogens is 2. The van der Waals surface area contributed by atoms with E-state index >= 15 is 0 Å². The summed E-state index contributed by atoms with van der Waals surface area (Å²) in [4.78, 5) is 11.1. The molecule has 0 fully saturated rings. The van der Waals surface area contributed by atoms with Crippen LogP contribution in [0.25, 0.3) is 20.7 Å². The van der Waals surface area contributed by atoms with E-state index in [9.17, 15) is 5.11 Å². The predicted molar refractivity (Wildman–Crippen MR) is 113 cm³/mol. The largest absolute Gasteiger partial charge is 0.504 e. The van der Waals surface area contributed by atoms with Crippen LogP contribution in [0.15, 0.2) is 59.7 Å². The monoisotopic (exact) mass is 390 g/mol. The molecule has 4 rings (SSSR count). The van der Waals surface area contributed by atoms with Crippen molar-refractivity contribution in [3.63, 3.8) is 0 Å². The Kier molecular flexibility index (Phi) is 4.90. The van der Waals surface area contributed by atoms with E-state index in [1.54, 1.807) is 35.8 Å². The molecule has 0 saturated heterocycles. The number of ether oxygens (including phenoxy) is 1. The van der Waals surface area contributed by atoms with Crippen molar-refractivity contribution < 1.29 is 9.84 Å². The van der Waals surface area contributed by atoms with E-state index in [0.717, 1.165) is 26.2 Å². The Morgan fingerprint density at radius 3 is 2.71 bits per heavy atom. The molecule has 0 unspecified atom stereocenters. The van der Waals surface area contributed by atoms with E-state index in [4.69, 9.17) is 4.74 Å². The number of hydrazone groups is 1. The van der Waals surface area contributed by atoms with E-state index < -0.39 is 0 Å². The van der Waals surface area contributed by atoms with Gasteiger partial charge in [-0.2, -0.15) is 5.10 Å². The number of hydrogen-bond acceptors (Lipinski definition) is 7. The number of hydrogen-bond donors (Lipinski definition) is 2. The quantitative estimate of drug-likeness (QED) is 0.377. The molecule has 7 heteroatoms. The number of rotatable bonds is 5. The van der Waals surface area contributed by atoms with Gasteiger partial charge in [-0.15, -0.1) is 11.3 Å². The van der Waals surface area contributed by atoms with Crippen LogP contribution in [-0.4, -0.2) is 28.4 Å². The molecule has 0 atom stereocenters. The zero-order valence-corrected chi connectivity index (χ0v) is 16.2. The van der Waals surface area contributed by atoms with E-state index in [1.807, 2.05) is 25.1 Å². The lowest BCUT2D eigenvalue weighted by molar-refractivity contribution is 0.373. The fourth-order valence-electron chi connectivity index (χ4n) is 2.80. The minimum Gasteiger partial charge on any atom is -0.504 e. The summed E-state index contributed by atoms with van der Waals surface area (Å²) in [5, 5.41) is 14.9. The SMILES string of the molecule is COc1cc(/C=N/Nc2nc(C)nc3sc(-c4ccccc4)cc23)ccc1O. The Morgan fingerprint density at radius 1 is 1.11 bits per heavy atom. The average Bonchev–Trinajstić information content (AvgIpc) is 3.14. The highest BCUT2D eigenvalue weighted by Gasteiger charge is 2.11. The zero-order valence-electron chi connectivity index (χ0n) is 15.4. The van der Waals surface area contributed by atoms with E-state index in [2.05, 4.69) is 38.7 Å². The van der Waals surface area contributed by atoms with Gasteiger partial charge in [0, 0.05) is 4.88 Å². The number of phenolic OH excluding ortho intramolecular Hbond substituents is 1. The molecule has 0 aliphatic heterocycles. The van der Waals surface area contributed by atoms with Crippen molar-refractivity contribution in [2.45, 2.75) is 6.92 Å². The van der Waals surface area contributed by atoms with Crippen LogP contribution in [-0.2, 0) is 0 Å². The lowest BCUT2D eigenvalue weighted by Gasteiger charge is -2.04. The third-order valence-electron chi connectivity index (χ3n) is 4.15. The summed E-state index contributed by atoms with van der Waals surface area (Å²) in [5.74, 6) is 1.82. The molecular weight excluding hydrogens is 372 g/mol. The van der Waals surface area contributed by atoms with Crippen LogP contribution < -0.4 is 10.2 Å². The van der Waals surface area contributed by atoms with Gasteiger partial charge in [0.2, 0.25) is 0 Å². The lowest BCUT2D eigenvalue weighted by atomic mass is 10.2. The number of benzene rings is 2. The number of phenols is 1. The first kappa shape index (κ1) is 17.9. The third-order valence-corrected chi connectivity index (χ3v) is 5.23. The van der Waals surface area contributed by atoms with Crippen molar-refractivity contribution in [2.75, 3.05) is 12.5 Å². The van der Waals surface area contributed by atoms with Gasteiger partial charge in [0.05, 0.1) is 18.7 Å². The molecule has 4 aromatic rings. The lowest BCUT2D eigenvalue weighted by Crippen LogP contribution is -1.97. The first-order valence-corrected chi connectivity index (χ1v) is 9.45. The standard InChI is InChI=1S/C21H18N4O2S/c1-13-23-20(25-22-12-14-8-9-17(26)18(10-14)27-2)16-11-19(28-21(16)24-13)15-6-4-3-5-7-15/h3-12,26H,1-2H3,(H,23,24,25)/b22-12+. The maximum Gasteiger partial charge on any atom is 0.161 e.